The average Bonchev–Trinajstić information content (AvgIpc) is 2.76. The van der Waals surface area contributed by atoms with Gasteiger partial charge in [-0.05, 0) is 24.4 Å². The highest BCUT2D eigenvalue weighted by Crippen LogP contribution is 2.24. The first-order valence-electron chi connectivity index (χ1n) is 6.73. The molecule has 0 fully saturated rings. The fraction of sp³-hybridized carbons (Fsp3) is 0.400. The molecule has 0 N–H and O–H groups in total. The molecular weight excluding hydrogens is 284 g/mol. The maximum Gasteiger partial charge on any atom is 0.346 e. The molecule has 1 aromatic heterocycles. The van der Waals surface area contributed by atoms with Crippen LogP contribution in [0.25, 0.3) is 5.69 Å². The van der Waals surface area contributed by atoms with Crippen molar-refractivity contribution in [2.24, 2.45) is 0 Å². The summed E-state index contributed by atoms with van der Waals surface area (Å²) in [4.78, 5) is 13.7. The van der Waals surface area contributed by atoms with E-state index in [9.17, 15) is 4.79 Å². The maximum absolute atomic E-state index is 12.2. The van der Waals surface area contributed by atoms with Crippen LogP contribution >= 0.6 is 12.2 Å². The van der Waals surface area contributed by atoms with Crippen LogP contribution in [0, 0.1) is 4.77 Å². The Balaban J connectivity index is 2.74. The largest absolute Gasteiger partial charge is 0.346 e. The van der Waals surface area contributed by atoms with Gasteiger partial charge in [0.15, 0.2) is 0 Å². The molecule has 21 heavy (non-hydrogen) atoms. The number of hydrogen-bond donors (Lipinski definition) is 0. The second-order valence-electron chi connectivity index (χ2n) is 6.12. The topological polar surface area (TPSA) is 43.1 Å². The first-order valence-corrected chi connectivity index (χ1v) is 7.14. The number of nitrogens with zero attached hydrogens (tertiary/aromatic N) is 4. The lowest BCUT2D eigenvalue weighted by Gasteiger charge is -2.18. The first kappa shape index (κ1) is 15.4. The Morgan fingerprint density at radius 3 is 2.24 bits per heavy atom. The highest BCUT2D eigenvalue weighted by molar-refractivity contribution is 7.71. The molecule has 0 atom stereocenters. The van der Waals surface area contributed by atoms with E-state index in [2.05, 4.69) is 5.10 Å². The van der Waals surface area contributed by atoms with Gasteiger partial charge >= 0.3 is 6.03 Å². The molecule has 0 saturated heterocycles. The molecule has 5 nitrogen and oxygen atoms in total. The van der Waals surface area contributed by atoms with Crippen LogP contribution in [0.15, 0.2) is 30.3 Å². The molecule has 1 amide bonds. The standard InChI is InChI=1S/C15H20N4OS/c1-15(2,3)12-16-19(13(20)17(4)5)14(21)18(12)11-9-7-6-8-10-11/h6-10H,1-5H3. The second-order valence-corrected chi connectivity index (χ2v) is 6.48. The van der Waals surface area contributed by atoms with Gasteiger partial charge in [-0.3, -0.25) is 4.57 Å². The quantitative estimate of drug-likeness (QED) is 0.760. The van der Waals surface area contributed by atoms with E-state index in [0.29, 0.717) is 4.77 Å². The van der Waals surface area contributed by atoms with Crippen molar-refractivity contribution in [3.8, 4) is 5.69 Å². The van der Waals surface area contributed by atoms with E-state index in [1.165, 1.54) is 9.58 Å². The zero-order valence-corrected chi connectivity index (χ0v) is 13.8. The van der Waals surface area contributed by atoms with E-state index in [1.54, 1.807) is 14.1 Å². The van der Waals surface area contributed by atoms with Crippen molar-refractivity contribution in [2.45, 2.75) is 26.2 Å². The summed E-state index contributed by atoms with van der Waals surface area (Å²) in [5.41, 5.74) is 0.673. The van der Waals surface area contributed by atoms with Crippen molar-refractivity contribution >= 4 is 18.2 Å². The van der Waals surface area contributed by atoms with Crippen LogP contribution in [-0.4, -0.2) is 39.4 Å². The van der Waals surface area contributed by atoms with Crippen LogP contribution < -0.4 is 0 Å². The minimum atomic E-state index is -0.250. The summed E-state index contributed by atoms with van der Waals surface area (Å²) in [5.74, 6) is 0.758. The highest BCUT2D eigenvalue weighted by Gasteiger charge is 2.26. The van der Waals surface area contributed by atoms with Crippen molar-refractivity contribution in [1.29, 1.82) is 0 Å². The van der Waals surface area contributed by atoms with Gasteiger partial charge in [-0.1, -0.05) is 39.0 Å². The fourth-order valence-corrected chi connectivity index (χ4v) is 2.29. The molecule has 2 rings (SSSR count). The van der Waals surface area contributed by atoms with Gasteiger partial charge < -0.3 is 4.90 Å². The van der Waals surface area contributed by atoms with Crippen molar-refractivity contribution in [2.75, 3.05) is 14.1 Å². The molecule has 0 radical (unpaired) electrons. The van der Waals surface area contributed by atoms with Gasteiger partial charge in [0.25, 0.3) is 0 Å². The molecule has 0 aliphatic heterocycles. The third kappa shape index (κ3) is 2.90. The Morgan fingerprint density at radius 1 is 1.19 bits per heavy atom. The predicted octanol–water partition coefficient (Wildman–Crippen LogP) is 3.23. The van der Waals surface area contributed by atoms with Crippen LogP contribution in [0.5, 0.6) is 0 Å². The summed E-state index contributed by atoms with van der Waals surface area (Å²) in [5, 5.41) is 4.46. The highest BCUT2D eigenvalue weighted by atomic mass is 32.1. The fourth-order valence-electron chi connectivity index (χ4n) is 1.98. The Morgan fingerprint density at radius 2 is 1.76 bits per heavy atom. The van der Waals surface area contributed by atoms with Crippen LogP contribution in [0.1, 0.15) is 26.6 Å². The summed E-state index contributed by atoms with van der Waals surface area (Å²) in [7, 11) is 3.37. The van der Waals surface area contributed by atoms with Gasteiger partial charge in [0, 0.05) is 25.2 Å². The maximum atomic E-state index is 12.2. The summed E-state index contributed by atoms with van der Waals surface area (Å²) in [6, 6.07) is 9.48. The smallest absolute Gasteiger partial charge is 0.329 e. The molecule has 0 spiro atoms. The van der Waals surface area contributed by atoms with E-state index in [0.717, 1.165) is 11.5 Å². The lowest BCUT2D eigenvalue weighted by atomic mass is 9.95. The average molecular weight is 304 g/mol. The van der Waals surface area contributed by atoms with E-state index >= 15 is 0 Å². The number of benzene rings is 1. The summed E-state index contributed by atoms with van der Waals surface area (Å²) in [6.07, 6.45) is 0. The molecule has 0 aliphatic carbocycles. The zero-order valence-electron chi connectivity index (χ0n) is 13.0. The molecule has 1 heterocycles. The van der Waals surface area contributed by atoms with Gasteiger partial charge in [-0.25, -0.2) is 4.79 Å². The normalized spacial score (nSPS) is 11.5. The molecular formula is C15H20N4OS. The Labute approximate surface area is 129 Å². The Hall–Kier alpha value is -1.95. The van der Waals surface area contributed by atoms with E-state index in [1.807, 2.05) is 55.7 Å². The number of amides is 1. The number of aromatic nitrogens is 3. The van der Waals surface area contributed by atoms with Crippen LogP contribution in [0.3, 0.4) is 0 Å². The van der Waals surface area contributed by atoms with E-state index in [-0.39, 0.29) is 11.4 Å². The van der Waals surface area contributed by atoms with Gasteiger partial charge in [0.2, 0.25) is 4.77 Å². The molecule has 0 aliphatic rings. The Kier molecular flexibility index (Phi) is 4.00. The molecule has 0 unspecified atom stereocenters. The van der Waals surface area contributed by atoms with Gasteiger partial charge in [0.05, 0.1) is 0 Å². The molecule has 0 bridgehead atoms. The monoisotopic (exact) mass is 304 g/mol. The van der Waals surface area contributed by atoms with E-state index in [4.69, 9.17) is 12.2 Å². The first-order chi connectivity index (χ1) is 9.73. The molecule has 6 heteroatoms. The summed E-state index contributed by atoms with van der Waals surface area (Å²) < 4.78 is 3.52. The van der Waals surface area contributed by atoms with Gasteiger partial charge in [0.1, 0.15) is 5.82 Å². The number of para-hydroxylation sites is 1. The Bertz CT molecular complexity index is 708. The minimum absolute atomic E-state index is 0.235. The number of rotatable bonds is 1. The van der Waals surface area contributed by atoms with Crippen LogP contribution in [0.2, 0.25) is 0 Å². The number of hydrogen-bond acceptors (Lipinski definition) is 3. The van der Waals surface area contributed by atoms with Gasteiger partial charge in [-0.2, -0.15) is 4.68 Å². The van der Waals surface area contributed by atoms with Crippen molar-refractivity contribution < 1.29 is 4.79 Å². The van der Waals surface area contributed by atoms with Crippen LogP contribution in [0.4, 0.5) is 4.79 Å². The molecule has 0 saturated carbocycles. The van der Waals surface area contributed by atoms with Crippen molar-refractivity contribution in [1.82, 2.24) is 19.2 Å². The van der Waals surface area contributed by atoms with Crippen molar-refractivity contribution in [3.63, 3.8) is 0 Å². The third-order valence-electron chi connectivity index (χ3n) is 3.03. The van der Waals surface area contributed by atoms with Crippen molar-refractivity contribution in [3.05, 3.63) is 40.9 Å². The summed E-state index contributed by atoms with van der Waals surface area (Å²) in [6.45, 7) is 6.15. The zero-order chi connectivity index (χ0) is 15.8. The van der Waals surface area contributed by atoms with Gasteiger partial charge in [-0.15, -0.1) is 5.10 Å². The second kappa shape index (κ2) is 5.44. The number of carbonyl (C=O) groups excluding carboxylic acids is 1. The predicted molar refractivity (Wildman–Crippen MR) is 85.6 cm³/mol. The minimum Gasteiger partial charge on any atom is -0.329 e. The lowest BCUT2D eigenvalue weighted by molar-refractivity contribution is 0.215. The SMILES string of the molecule is CN(C)C(=O)n1nc(C(C)(C)C)n(-c2ccccc2)c1=S. The molecule has 1 aromatic carbocycles. The number of carbonyl (C=O) groups is 1. The summed E-state index contributed by atoms with van der Waals surface area (Å²) >= 11 is 5.48. The van der Waals surface area contributed by atoms with Crippen LogP contribution in [-0.2, 0) is 5.41 Å². The third-order valence-corrected chi connectivity index (χ3v) is 3.38. The lowest BCUT2D eigenvalue weighted by Crippen LogP contribution is -2.28. The molecule has 112 valence electrons. The van der Waals surface area contributed by atoms with E-state index < -0.39 is 0 Å². The molecule has 2 aromatic rings.